The average Bonchev–Trinajstić information content (AvgIpc) is 2.90. The number of fused-ring (bicyclic) bond motifs is 4. The first-order valence-electron chi connectivity index (χ1n) is 8.82. The number of aromatic nitrogens is 5. The van der Waals surface area contributed by atoms with Gasteiger partial charge in [0.05, 0.1) is 11.6 Å². The molecule has 0 saturated heterocycles. The molecule has 0 spiro atoms. The second-order valence-electron chi connectivity index (χ2n) is 6.71. The first-order chi connectivity index (χ1) is 13.1. The Balaban J connectivity index is 1.87. The van der Waals surface area contributed by atoms with Crippen molar-refractivity contribution >= 4 is 49.4 Å². The Morgan fingerprint density at radius 3 is 2.96 bits per heavy atom. The molecule has 0 atom stereocenters. The van der Waals surface area contributed by atoms with E-state index in [2.05, 4.69) is 42.2 Å². The second kappa shape index (κ2) is 6.23. The quantitative estimate of drug-likeness (QED) is 0.454. The minimum atomic E-state index is -0.390. The number of nitrogens with zero attached hydrogens (tertiary/aromatic N) is 6. The van der Waals surface area contributed by atoms with Crippen molar-refractivity contribution in [3.8, 4) is 0 Å². The highest BCUT2D eigenvalue weighted by atomic mass is 79.9. The Kier molecular flexibility index (Phi) is 3.82. The lowest BCUT2D eigenvalue weighted by molar-refractivity contribution is 0.633. The average molecular weight is 427 g/mol. The Bertz CT molecular complexity index is 1190. The molecule has 1 aromatic carbocycles. The molecule has 4 heterocycles. The predicted molar refractivity (Wildman–Crippen MR) is 106 cm³/mol. The highest BCUT2D eigenvalue weighted by Crippen LogP contribution is 2.40. The van der Waals surface area contributed by atoms with E-state index in [4.69, 9.17) is 4.98 Å². The zero-order chi connectivity index (χ0) is 18.5. The summed E-state index contributed by atoms with van der Waals surface area (Å²) in [6, 6.07) is 6.12. The van der Waals surface area contributed by atoms with Crippen LogP contribution < -0.4 is 4.90 Å². The predicted octanol–water partition coefficient (Wildman–Crippen LogP) is 4.29. The fraction of sp³-hybridized carbons (Fsp3) is 0.263. The van der Waals surface area contributed by atoms with Crippen LogP contribution in [-0.2, 0) is 13.5 Å². The van der Waals surface area contributed by atoms with Crippen molar-refractivity contribution in [1.29, 1.82) is 0 Å². The molecule has 136 valence electrons. The maximum atomic E-state index is 14.9. The lowest BCUT2D eigenvalue weighted by Crippen LogP contribution is -2.20. The third-order valence-corrected chi connectivity index (χ3v) is 5.84. The van der Waals surface area contributed by atoms with Crippen LogP contribution in [0.5, 0.6) is 0 Å². The molecule has 0 unspecified atom stereocenters. The van der Waals surface area contributed by atoms with Crippen molar-refractivity contribution in [2.45, 2.75) is 19.3 Å². The van der Waals surface area contributed by atoms with Crippen LogP contribution in [0, 0.1) is 5.82 Å². The van der Waals surface area contributed by atoms with Gasteiger partial charge >= 0.3 is 0 Å². The molecule has 5 rings (SSSR count). The number of pyridine rings is 2. The van der Waals surface area contributed by atoms with Crippen LogP contribution in [-0.4, -0.2) is 31.5 Å². The lowest BCUT2D eigenvalue weighted by atomic mass is 10.1. The van der Waals surface area contributed by atoms with Gasteiger partial charge in [0.25, 0.3) is 0 Å². The molecule has 8 heteroatoms. The molecule has 4 aromatic rings. The van der Waals surface area contributed by atoms with Crippen molar-refractivity contribution < 1.29 is 4.39 Å². The lowest BCUT2D eigenvalue weighted by Gasteiger charge is -2.26. The van der Waals surface area contributed by atoms with Crippen molar-refractivity contribution in [3.05, 3.63) is 46.4 Å². The Hall–Kier alpha value is -2.61. The summed E-state index contributed by atoms with van der Waals surface area (Å²) >= 11 is 3.67. The van der Waals surface area contributed by atoms with Gasteiger partial charge in [0, 0.05) is 35.3 Å². The van der Waals surface area contributed by atoms with E-state index in [1.807, 2.05) is 12.1 Å². The zero-order valence-electron chi connectivity index (χ0n) is 14.7. The molecule has 0 N–H and O–H groups in total. The van der Waals surface area contributed by atoms with Crippen LogP contribution in [0.2, 0.25) is 0 Å². The Morgan fingerprint density at radius 2 is 2.07 bits per heavy atom. The summed E-state index contributed by atoms with van der Waals surface area (Å²) in [7, 11) is 1.78. The Morgan fingerprint density at radius 1 is 1.19 bits per heavy atom. The fourth-order valence-electron chi connectivity index (χ4n) is 3.87. The van der Waals surface area contributed by atoms with Gasteiger partial charge in [-0.05, 0) is 37.0 Å². The van der Waals surface area contributed by atoms with E-state index in [1.54, 1.807) is 17.9 Å². The number of halogens is 2. The molecule has 0 bridgehead atoms. The smallest absolute Gasteiger partial charge is 0.204 e. The van der Waals surface area contributed by atoms with Crippen LogP contribution in [0.25, 0.3) is 21.9 Å². The topological polar surface area (TPSA) is 59.7 Å². The largest absolute Gasteiger partial charge is 0.325 e. The first-order valence-corrected chi connectivity index (χ1v) is 9.62. The maximum Gasteiger partial charge on any atom is 0.204 e. The molecule has 27 heavy (non-hydrogen) atoms. The minimum absolute atomic E-state index is 0.390. The van der Waals surface area contributed by atoms with Crippen LogP contribution in [0.15, 0.2) is 35.1 Å². The van der Waals surface area contributed by atoms with Crippen molar-refractivity contribution in [2.24, 2.45) is 7.05 Å². The third-order valence-electron chi connectivity index (χ3n) is 5.10. The molecule has 0 saturated carbocycles. The fourth-order valence-corrected chi connectivity index (χ4v) is 4.42. The highest BCUT2D eigenvalue weighted by Gasteiger charge is 2.25. The molecular formula is C19H16BrFN6. The van der Waals surface area contributed by atoms with E-state index >= 15 is 0 Å². The maximum absolute atomic E-state index is 14.9. The molecule has 0 aliphatic carbocycles. The first kappa shape index (κ1) is 16.6. The number of benzene rings is 1. The molecular weight excluding hydrogens is 411 g/mol. The van der Waals surface area contributed by atoms with E-state index in [0.29, 0.717) is 27.8 Å². The minimum Gasteiger partial charge on any atom is -0.325 e. The summed E-state index contributed by atoms with van der Waals surface area (Å²) in [6.45, 7) is 0.763. The third kappa shape index (κ3) is 2.50. The van der Waals surface area contributed by atoms with Crippen LogP contribution >= 0.6 is 15.9 Å². The van der Waals surface area contributed by atoms with Crippen molar-refractivity contribution in [3.63, 3.8) is 0 Å². The van der Waals surface area contributed by atoms with Gasteiger partial charge in [-0.3, -0.25) is 4.98 Å². The standard InChI is InChI=1S/C19H16BrFN6/c1-26-17-12-9-22-10-14(21)16(12)19(23-18(17)24-25-26)27-8-3-2-5-11-13(20)6-4-7-15(11)27/h4,6-7,9-10H,2-3,5,8H2,1H3. The molecule has 3 aromatic heterocycles. The SMILES string of the molecule is Cn1nnc2nc(N3CCCCc4c(Br)cccc43)c3c(F)cncc3c21. The summed E-state index contributed by atoms with van der Waals surface area (Å²) in [6.07, 6.45) is 5.94. The monoisotopic (exact) mass is 426 g/mol. The molecule has 0 radical (unpaired) electrons. The number of anilines is 2. The molecule has 0 amide bonds. The number of hydrogen-bond donors (Lipinski definition) is 0. The molecule has 1 aliphatic heterocycles. The summed E-state index contributed by atoms with van der Waals surface area (Å²) in [5, 5.41) is 9.36. The highest BCUT2D eigenvalue weighted by molar-refractivity contribution is 9.10. The van der Waals surface area contributed by atoms with Crippen LogP contribution in [0.4, 0.5) is 15.9 Å². The van der Waals surface area contributed by atoms with E-state index in [1.165, 1.54) is 11.8 Å². The zero-order valence-corrected chi connectivity index (χ0v) is 16.2. The van der Waals surface area contributed by atoms with Crippen molar-refractivity contribution in [2.75, 3.05) is 11.4 Å². The summed E-state index contributed by atoms with van der Waals surface area (Å²) in [5.41, 5.74) is 3.45. The van der Waals surface area contributed by atoms with E-state index in [9.17, 15) is 4.39 Å². The van der Waals surface area contributed by atoms with Crippen molar-refractivity contribution in [1.82, 2.24) is 25.0 Å². The number of aryl methyl sites for hydroxylation is 1. The van der Waals surface area contributed by atoms with Gasteiger partial charge < -0.3 is 4.90 Å². The summed E-state index contributed by atoms with van der Waals surface area (Å²) in [5.74, 6) is 0.179. The summed E-state index contributed by atoms with van der Waals surface area (Å²) in [4.78, 5) is 10.9. The molecule has 1 aliphatic rings. The number of hydrogen-bond acceptors (Lipinski definition) is 5. The van der Waals surface area contributed by atoms with Gasteiger partial charge in [0.1, 0.15) is 11.3 Å². The van der Waals surface area contributed by atoms with E-state index in [-0.39, 0.29) is 5.82 Å². The second-order valence-corrected chi connectivity index (χ2v) is 7.57. The van der Waals surface area contributed by atoms with Gasteiger partial charge in [-0.1, -0.05) is 27.2 Å². The van der Waals surface area contributed by atoms with Gasteiger partial charge in [0.2, 0.25) is 5.65 Å². The molecule has 0 fully saturated rings. The van der Waals surface area contributed by atoms with Gasteiger partial charge in [-0.2, -0.15) is 0 Å². The van der Waals surface area contributed by atoms with Crippen LogP contribution in [0.1, 0.15) is 18.4 Å². The molecule has 6 nitrogen and oxygen atoms in total. The van der Waals surface area contributed by atoms with Gasteiger partial charge in [-0.25, -0.2) is 14.1 Å². The normalized spacial score (nSPS) is 14.6. The summed E-state index contributed by atoms with van der Waals surface area (Å²) < 4.78 is 17.6. The van der Waals surface area contributed by atoms with Crippen LogP contribution in [0.3, 0.4) is 0 Å². The number of rotatable bonds is 1. The van der Waals surface area contributed by atoms with Gasteiger partial charge in [-0.15, -0.1) is 5.10 Å². The van der Waals surface area contributed by atoms with E-state index < -0.39 is 0 Å². The van der Waals surface area contributed by atoms with Gasteiger partial charge in [0.15, 0.2) is 5.82 Å². The Labute approximate surface area is 163 Å². The van der Waals surface area contributed by atoms with E-state index in [0.717, 1.165) is 36.0 Å².